The second-order valence-corrected chi connectivity index (χ2v) is 9.36. The molecule has 194 valence electrons. The van der Waals surface area contributed by atoms with E-state index in [1.165, 1.54) is 0 Å². The number of hydrogen-bond donors (Lipinski definition) is 2. The lowest BCUT2D eigenvalue weighted by Gasteiger charge is -2.19. The van der Waals surface area contributed by atoms with Gasteiger partial charge in [-0.05, 0) is 58.7 Å². The first-order chi connectivity index (χ1) is 19.7. The molecule has 40 heavy (non-hydrogen) atoms. The molecule has 0 radical (unpaired) electrons. The Morgan fingerprint density at radius 3 is 0.975 bits per heavy atom. The summed E-state index contributed by atoms with van der Waals surface area (Å²) >= 11 is 0. The van der Waals surface area contributed by atoms with E-state index in [4.69, 9.17) is 20.9 Å². The molecular formula is C36H28N2O2. The molecule has 0 aliphatic carbocycles. The largest absolute Gasteiger partial charge is 0.455 e. The third kappa shape index (κ3) is 4.98. The van der Waals surface area contributed by atoms with Gasteiger partial charge in [-0.15, -0.1) is 0 Å². The molecule has 4 N–H and O–H groups in total. The van der Waals surface area contributed by atoms with Crippen molar-refractivity contribution in [2.45, 2.75) is 0 Å². The first kappa shape index (κ1) is 24.8. The van der Waals surface area contributed by atoms with Gasteiger partial charge in [0.15, 0.2) is 11.5 Å². The van der Waals surface area contributed by atoms with Crippen LogP contribution in [-0.4, -0.2) is 0 Å². The standard InChI is InChI=1S/C36H28N2O2/c37-35-31(21-11-23-33(35)39-25-13-3-1-4-14-25)29-19-9-7-17-27(29)28-18-8-10-20-30(28)32-22-12-24-34(36(32)38)40-26-15-5-2-6-16-26/h1-24H,37-38H2. The van der Waals surface area contributed by atoms with E-state index in [0.29, 0.717) is 22.9 Å². The van der Waals surface area contributed by atoms with Crippen LogP contribution in [0.3, 0.4) is 0 Å². The third-order valence-electron chi connectivity index (χ3n) is 6.80. The fraction of sp³-hybridized carbons (Fsp3) is 0. The summed E-state index contributed by atoms with van der Waals surface area (Å²) in [7, 11) is 0. The van der Waals surface area contributed by atoms with Crippen molar-refractivity contribution in [3.63, 3.8) is 0 Å². The van der Waals surface area contributed by atoms with Gasteiger partial charge in [0.1, 0.15) is 11.5 Å². The minimum Gasteiger partial charge on any atom is -0.455 e. The highest BCUT2D eigenvalue weighted by Crippen LogP contribution is 2.44. The van der Waals surface area contributed by atoms with Crippen molar-refractivity contribution in [1.82, 2.24) is 0 Å². The summed E-state index contributed by atoms with van der Waals surface area (Å²) in [6.07, 6.45) is 0. The molecule has 6 rings (SSSR count). The minimum atomic E-state index is 0.578. The van der Waals surface area contributed by atoms with Crippen molar-refractivity contribution < 1.29 is 9.47 Å². The van der Waals surface area contributed by atoms with Gasteiger partial charge in [-0.1, -0.05) is 109 Å². The quantitative estimate of drug-likeness (QED) is 0.206. The summed E-state index contributed by atoms with van der Waals surface area (Å²) in [6.45, 7) is 0. The molecule has 0 unspecified atom stereocenters. The van der Waals surface area contributed by atoms with E-state index in [0.717, 1.165) is 44.9 Å². The summed E-state index contributed by atoms with van der Waals surface area (Å²) in [5.74, 6) is 2.69. The minimum absolute atomic E-state index is 0.578. The molecule has 0 spiro atoms. The molecule has 0 saturated heterocycles. The highest BCUT2D eigenvalue weighted by molar-refractivity contribution is 5.97. The van der Waals surface area contributed by atoms with Crippen LogP contribution >= 0.6 is 0 Å². The van der Waals surface area contributed by atoms with Crippen LogP contribution < -0.4 is 20.9 Å². The molecular weight excluding hydrogens is 492 g/mol. The second kappa shape index (κ2) is 11.1. The van der Waals surface area contributed by atoms with E-state index >= 15 is 0 Å². The number of para-hydroxylation sites is 4. The van der Waals surface area contributed by atoms with Crippen molar-refractivity contribution in [1.29, 1.82) is 0 Å². The lowest BCUT2D eigenvalue weighted by Crippen LogP contribution is -1.98. The van der Waals surface area contributed by atoms with Gasteiger partial charge in [0.05, 0.1) is 11.4 Å². The molecule has 6 aromatic carbocycles. The number of rotatable bonds is 7. The van der Waals surface area contributed by atoms with Gasteiger partial charge in [0.25, 0.3) is 0 Å². The predicted octanol–water partition coefficient (Wildman–Crippen LogP) is 9.44. The molecule has 0 aromatic heterocycles. The zero-order valence-electron chi connectivity index (χ0n) is 21.8. The van der Waals surface area contributed by atoms with Crippen molar-refractivity contribution in [3.05, 3.63) is 146 Å². The van der Waals surface area contributed by atoms with E-state index in [2.05, 4.69) is 24.3 Å². The van der Waals surface area contributed by atoms with Gasteiger partial charge >= 0.3 is 0 Å². The Labute approximate surface area is 234 Å². The maximum atomic E-state index is 6.72. The van der Waals surface area contributed by atoms with Crippen LogP contribution in [0.5, 0.6) is 23.0 Å². The van der Waals surface area contributed by atoms with Crippen molar-refractivity contribution in [2.75, 3.05) is 11.5 Å². The van der Waals surface area contributed by atoms with E-state index in [9.17, 15) is 0 Å². The number of anilines is 2. The summed E-state index contributed by atoms with van der Waals surface area (Å²) < 4.78 is 12.3. The molecule has 0 heterocycles. The monoisotopic (exact) mass is 520 g/mol. The van der Waals surface area contributed by atoms with Crippen LogP contribution in [0.15, 0.2) is 146 Å². The van der Waals surface area contributed by atoms with Crippen LogP contribution in [-0.2, 0) is 0 Å². The molecule has 0 fully saturated rings. The van der Waals surface area contributed by atoms with E-state index in [-0.39, 0.29) is 0 Å². The van der Waals surface area contributed by atoms with Crippen LogP contribution in [0.2, 0.25) is 0 Å². The van der Waals surface area contributed by atoms with E-state index < -0.39 is 0 Å². The topological polar surface area (TPSA) is 70.5 Å². The van der Waals surface area contributed by atoms with Gasteiger partial charge < -0.3 is 20.9 Å². The number of nitrogens with two attached hydrogens (primary N) is 2. The Hall–Kier alpha value is -5.48. The van der Waals surface area contributed by atoms with Crippen LogP contribution in [0.25, 0.3) is 33.4 Å². The van der Waals surface area contributed by atoms with Gasteiger partial charge in [-0.2, -0.15) is 0 Å². The first-order valence-corrected chi connectivity index (χ1v) is 13.1. The molecule has 0 atom stereocenters. The molecule has 0 aliphatic heterocycles. The molecule has 0 bridgehead atoms. The van der Waals surface area contributed by atoms with Crippen LogP contribution in [0.4, 0.5) is 11.4 Å². The predicted molar refractivity (Wildman–Crippen MR) is 165 cm³/mol. The normalized spacial score (nSPS) is 10.7. The highest BCUT2D eigenvalue weighted by Gasteiger charge is 2.18. The zero-order chi connectivity index (χ0) is 27.3. The molecule has 4 heteroatoms. The highest BCUT2D eigenvalue weighted by atomic mass is 16.5. The van der Waals surface area contributed by atoms with Crippen molar-refractivity contribution in [3.8, 4) is 56.4 Å². The zero-order valence-corrected chi connectivity index (χ0v) is 21.8. The number of benzene rings is 6. The Kier molecular flexibility index (Phi) is 6.89. The molecule has 0 saturated carbocycles. The first-order valence-electron chi connectivity index (χ1n) is 13.1. The molecule has 0 aliphatic rings. The fourth-order valence-corrected chi connectivity index (χ4v) is 4.87. The SMILES string of the molecule is Nc1c(Oc2ccccc2)cccc1-c1ccccc1-c1ccccc1-c1cccc(Oc2ccccc2)c1N. The maximum absolute atomic E-state index is 6.72. The Bertz CT molecular complexity index is 1630. The maximum Gasteiger partial charge on any atom is 0.150 e. The van der Waals surface area contributed by atoms with Crippen molar-refractivity contribution in [2.24, 2.45) is 0 Å². The van der Waals surface area contributed by atoms with Gasteiger partial charge in [0.2, 0.25) is 0 Å². The van der Waals surface area contributed by atoms with Crippen LogP contribution in [0.1, 0.15) is 0 Å². The number of nitrogen functional groups attached to an aromatic ring is 2. The molecule has 4 nitrogen and oxygen atoms in total. The average Bonchev–Trinajstić information content (AvgIpc) is 3.00. The second-order valence-electron chi connectivity index (χ2n) is 9.36. The van der Waals surface area contributed by atoms with Gasteiger partial charge in [0, 0.05) is 11.1 Å². The summed E-state index contributed by atoms with van der Waals surface area (Å²) in [5, 5.41) is 0. The summed E-state index contributed by atoms with van der Waals surface area (Å²) in [5.41, 5.74) is 20.5. The van der Waals surface area contributed by atoms with E-state index in [1.54, 1.807) is 0 Å². The van der Waals surface area contributed by atoms with Crippen LogP contribution in [0, 0.1) is 0 Å². The Balaban J connectivity index is 1.43. The van der Waals surface area contributed by atoms with Crippen molar-refractivity contribution >= 4 is 11.4 Å². The van der Waals surface area contributed by atoms with E-state index in [1.807, 2.05) is 121 Å². The average molecular weight is 521 g/mol. The smallest absolute Gasteiger partial charge is 0.150 e. The summed E-state index contributed by atoms with van der Waals surface area (Å²) in [6, 6.07) is 47.6. The molecule has 6 aromatic rings. The fourth-order valence-electron chi connectivity index (χ4n) is 4.87. The lowest BCUT2D eigenvalue weighted by atomic mass is 9.88. The number of hydrogen-bond acceptors (Lipinski definition) is 4. The Morgan fingerprint density at radius 2 is 0.600 bits per heavy atom. The van der Waals surface area contributed by atoms with Gasteiger partial charge in [-0.25, -0.2) is 0 Å². The Morgan fingerprint density at radius 1 is 0.300 bits per heavy atom. The molecule has 0 amide bonds. The third-order valence-corrected chi connectivity index (χ3v) is 6.80. The lowest BCUT2D eigenvalue weighted by molar-refractivity contribution is 0.485. The van der Waals surface area contributed by atoms with Gasteiger partial charge in [-0.3, -0.25) is 0 Å². The summed E-state index contributed by atoms with van der Waals surface area (Å²) in [4.78, 5) is 0. The number of ether oxygens (including phenoxy) is 2.